The fraction of sp³-hybridized carbons (Fsp3) is 0.684. The summed E-state index contributed by atoms with van der Waals surface area (Å²) in [5.41, 5.74) is 3.75. The first-order valence-electron chi connectivity index (χ1n) is 7.79. The Balaban J connectivity index is 2.28. The average Bonchev–Trinajstić information content (AvgIpc) is 2.17. The quantitative estimate of drug-likeness (QED) is 0.820. The molecule has 0 unspecified atom stereocenters. The second kappa shape index (κ2) is 4.87. The van der Waals surface area contributed by atoms with Gasteiger partial charge in [-0.15, -0.1) is 0 Å². The van der Waals surface area contributed by atoms with Crippen molar-refractivity contribution in [1.82, 2.24) is 0 Å². The molecule has 0 saturated heterocycles. The van der Waals surface area contributed by atoms with E-state index in [9.17, 15) is 5.11 Å². The van der Waals surface area contributed by atoms with Gasteiger partial charge < -0.3 is 5.11 Å². The van der Waals surface area contributed by atoms with Crippen LogP contribution in [0, 0.1) is 24.7 Å². The van der Waals surface area contributed by atoms with Gasteiger partial charge in [0.2, 0.25) is 0 Å². The van der Waals surface area contributed by atoms with Crippen molar-refractivity contribution in [2.24, 2.45) is 10.8 Å². The van der Waals surface area contributed by atoms with Crippen molar-refractivity contribution in [1.29, 1.82) is 0 Å². The minimum absolute atomic E-state index is 0.216. The standard InChI is InChI=1S/C19H30O/c1-14-7-8-15(2)16(9-14)10-19(20)12-17(3,4)11-18(5,6)13-19/h7-9,20H,10-13H2,1-6H3. The molecule has 1 aromatic rings. The molecule has 1 fully saturated rings. The Morgan fingerprint density at radius 2 is 1.50 bits per heavy atom. The highest BCUT2D eigenvalue weighted by Crippen LogP contribution is 2.51. The van der Waals surface area contributed by atoms with E-state index in [1.807, 2.05) is 0 Å². The number of hydrogen-bond acceptors (Lipinski definition) is 1. The van der Waals surface area contributed by atoms with Crippen molar-refractivity contribution in [3.8, 4) is 0 Å². The molecule has 1 N–H and O–H groups in total. The lowest BCUT2D eigenvalue weighted by Crippen LogP contribution is -2.47. The topological polar surface area (TPSA) is 20.2 Å². The Labute approximate surface area is 124 Å². The van der Waals surface area contributed by atoms with Crippen LogP contribution in [0.25, 0.3) is 0 Å². The highest BCUT2D eigenvalue weighted by molar-refractivity contribution is 5.32. The third-order valence-corrected chi connectivity index (χ3v) is 4.60. The van der Waals surface area contributed by atoms with E-state index in [0.717, 1.165) is 19.3 Å². The maximum absolute atomic E-state index is 11.2. The minimum atomic E-state index is -0.566. The van der Waals surface area contributed by atoms with Crippen LogP contribution in [0.5, 0.6) is 0 Å². The van der Waals surface area contributed by atoms with E-state index >= 15 is 0 Å². The zero-order valence-electron chi connectivity index (χ0n) is 14.0. The van der Waals surface area contributed by atoms with E-state index in [2.05, 4.69) is 59.7 Å². The van der Waals surface area contributed by atoms with Crippen molar-refractivity contribution in [3.05, 3.63) is 34.9 Å². The summed E-state index contributed by atoms with van der Waals surface area (Å²) in [7, 11) is 0. The molecule has 0 amide bonds. The van der Waals surface area contributed by atoms with Gasteiger partial charge in [0.25, 0.3) is 0 Å². The van der Waals surface area contributed by atoms with Crippen molar-refractivity contribution < 1.29 is 5.11 Å². The van der Waals surface area contributed by atoms with Crippen molar-refractivity contribution >= 4 is 0 Å². The lowest BCUT2D eigenvalue weighted by atomic mass is 9.58. The van der Waals surface area contributed by atoms with Crippen LogP contribution in [-0.2, 0) is 6.42 Å². The van der Waals surface area contributed by atoms with E-state index in [1.165, 1.54) is 23.1 Å². The Kier molecular flexibility index (Phi) is 3.79. The van der Waals surface area contributed by atoms with Gasteiger partial charge in [0.15, 0.2) is 0 Å². The summed E-state index contributed by atoms with van der Waals surface area (Å²) >= 11 is 0. The maximum Gasteiger partial charge on any atom is 0.0698 e. The van der Waals surface area contributed by atoms with Crippen LogP contribution in [0.3, 0.4) is 0 Å². The molecule has 20 heavy (non-hydrogen) atoms. The van der Waals surface area contributed by atoms with E-state index in [1.54, 1.807) is 0 Å². The number of hydrogen-bond donors (Lipinski definition) is 1. The van der Waals surface area contributed by atoms with E-state index in [-0.39, 0.29) is 10.8 Å². The molecule has 1 saturated carbocycles. The van der Waals surface area contributed by atoms with Gasteiger partial charge in [0.1, 0.15) is 0 Å². The molecule has 0 heterocycles. The molecule has 0 radical (unpaired) electrons. The summed E-state index contributed by atoms with van der Waals surface area (Å²) < 4.78 is 0. The Hall–Kier alpha value is -0.820. The molecular weight excluding hydrogens is 244 g/mol. The monoisotopic (exact) mass is 274 g/mol. The summed E-state index contributed by atoms with van der Waals surface area (Å²) in [6.45, 7) is 13.5. The van der Waals surface area contributed by atoms with Gasteiger partial charge in [-0.05, 0) is 55.1 Å². The predicted molar refractivity (Wildman–Crippen MR) is 86.0 cm³/mol. The van der Waals surface area contributed by atoms with Crippen LogP contribution in [0.4, 0.5) is 0 Å². The number of aryl methyl sites for hydroxylation is 2. The van der Waals surface area contributed by atoms with Gasteiger partial charge in [-0.1, -0.05) is 51.5 Å². The zero-order chi connectivity index (χ0) is 15.2. The first kappa shape index (κ1) is 15.6. The summed E-state index contributed by atoms with van der Waals surface area (Å²) in [6, 6.07) is 6.56. The number of benzene rings is 1. The third kappa shape index (κ3) is 3.63. The van der Waals surface area contributed by atoms with Crippen LogP contribution < -0.4 is 0 Å². The van der Waals surface area contributed by atoms with Crippen LogP contribution >= 0.6 is 0 Å². The normalized spacial score (nSPS) is 23.6. The highest BCUT2D eigenvalue weighted by atomic mass is 16.3. The molecule has 1 aliphatic rings. The molecule has 1 heteroatoms. The van der Waals surface area contributed by atoms with Crippen LogP contribution in [0.1, 0.15) is 63.6 Å². The number of rotatable bonds is 2. The van der Waals surface area contributed by atoms with Crippen LogP contribution in [0.15, 0.2) is 18.2 Å². The molecule has 0 spiro atoms. The van der Waals surface area contributed by atoms with E-state index < -0.39 is 5.60 Å². The van der Waals surface area contributed by atoms with Gasteiger partial charge in [-0.25, -0.2) is 0 Å². The summed E-state index contributed by atoms with van der Waals surface area (Å²) in [4.78, 5) is 0. The lowest BCUT2D eigenvalue weighted by molar-refractivity contribution is -0.0851. The van der Waals surface area contributed by atoms with Gasteiger partial charge in [0.05, 0.1) is 5.60 Å². The Morgan fingerprint density at radius 3 is 2.05 bits per heavy atom. The molecule has 1 nitrogen and oxygen atoms in total. The summed E-state index contributed by atoms with van der Waals surface area (Å²) in [5, 5.41) is 11.2. The second-order valence-corrected chi connectivity index (χ2v) is 8.69. The van der Waals surface area contributed by atoms with Crippen molar-refractivity contribution in [2.75, 3.05) is 0 Å². The Morgan fingerprint density at radius 1 is 0.950 bits per heavy atom. The van der Waals surface area contributed by atoms with E-state index in [4.69, 9.17) is 0 Å². The van der Waals surface area contributed by atoms with E-state index in [0.29, 0.717) is 0 Å². The number of aliphatic hydroxyl groups is 1. The van der Waals surface area contributed by atoms with Gasteiger partial charge in [-0.2, -0.15) is 0 Å². The van der Waals surface area contributed by atoms with Crippen molar-refractivity contribution in [3.63, 3.8) is 0 Å². The van der Waals surface area contributed by atoms with Gasteiger partial charge in [0, 0.05) is 6.42 Å². The zero-order valence-corrected chi connectivity index (χ0v) is 14.0. The Bertz CT molecular complexity index is 480. The summed E-state index contributed by atoms with van der Waals surface area (Å²) in [6.07, 6.45) is 3.77. The van der Waals surface area contributed by atoms with Crippen molar-refractivity contribution in [2.45, 2.75) is 72.8 Å². The summed E-state index contributed by atoms with van der Waals surface area (Å²) in [5.74, 6) is 0. The molecule has 0 bridgehead atoms. The SMILES string of the molecule is Cc1ccc(C)c(CC2(O)CC(C)(C)CC(C)(C)C2)c1. The maximum atomic E-state index is 11.2. The molecule has 0 atom stereocenters. The third-order valence-electron chi connectivity index (χ3n) is 4.60. The molecule has 112 valence electrons. The fourth-order valence-electron chi connectivity index (χ4n) is 4.73. The molecule has 1 aliphatic carbocycles. The molecule has 0 aromatic heterocycles. The van der Waals surface area contributed by atoms with Gasteiger partial charge >= 0.3 is 0 Å². The molecule has 0 aliphatic heterocycles. The molecule has 2 rings (SSSR count). The predicted octanol–water partition coefficient (Wildman–Crippen LogP) is 4.81. The fourth-order valence-corrected chi connectivity index (χ4v) is 4.73. The lowest BCUT2D eigenvalue weighted by Gasteiger charge is -2.50. The first-order valence-corrected chi connectivity index (χ1v) is 7.79. The second-order valence-electron chi connectivity index (χ2n) is 8.69. The van der Waals surface area contributed by atoms with Gasteiger partial charge in [-0.3, -0.25) is 0 Å². The minimum Gasteiger partial charge on any atom is -0.390 e. The first-order chi connectivity index (χ1) is 9.00. The molecular formula is C19H30O. The van der Waals surface area contributed by atoms with Crippen LogP contribution in [0.2, 0.25) is 0 Å². The smallest absolute Gasteiger partial charge is 0.0698 e. The largest absolute Gasteiger partial charge is 0.390 e. The molecule has 1 aromatic carbocycles. The average molecular weight is 274 g/mol. The van der Waals surface area contributed by atoms with Crippen LogP contribution in [-0.4, -0.2) is 10.7 Å². The highest BCUT2D eigenvalue weighted by Gasteiger charge is 2.46.